The maximum absolute atomic E-state index is 6.04. The second kappa shape index (κ2) is 5.00. The Kier molecular flexibility index (Phi) is 4.22. The maximum atomic E-state index is 6.04. The van der Waals surface area contributed by atoms with Crippen LogP contribution in [0.2, 0.25) is 0 Å². The van der Waals surface area contributed by atoms with Crippen LogP contribution in [-0.4, -0.2) is 7.11 Å². The van der Waals surface area contributed by atoms with Crippen LogP contribution in [0.4, 0.5) is 0 Å². The van der Waals surface area contributed by atoms with Gasteiger partial charge in [0.15, 0.2) is 0 Å². The number of hydrogen-bond acceptors (Lipinski definition) is 1. The Hall–Kier alpha value is -0.260. The van der Waals surface area contributed by atoms with E-state index in [-0.39, 0.29) is 5.16 Å². The van der Waals surface area contributed by atoms with Gasteiger partial charge in [-0.05, 0) is 20.4 Å². The molecule has 1 nitrogen and oxygen atoms in total. The fraction of sp³-hybridized carbons (Fsp3) is 0.455. The fourth-order valence-corrected chi connectivity index (χ4v) is 2.56. The summed E-state index contributed by atoms with van der Waals surface area (Å²) in [6, 6.07) is 8.09. The molecular formula is C11H16ClOP. The van der Waals surface area contributed by atoms with Gasteiger partial charge in [0.25, 0.3) is 0 Å². The van der Waals surface area contributed by atoms with E-state index in [1.54, 1.807) is 7.11 Å². The van der Waals surface area contributed by atoms with Gasteiger partial charge < -0.3 is 4.74 Å². The Morgan fingerprint density at radius 1 is 1.43 bits per heavy atom. The summed E-state index contributed by atoms with van der Waals surface area (Å²) in [6.07, 6.45) is 1.02. The van der Waals surface area contributed by atoms with Crippen LogP contribution in [0, 0.1) is 0 Å². The highest BCUT2D eigenvalue weighted by molar-refractivity contribution is 7.69. The minimum absolute atomic E-state index is 0.0359. The zero-order valence-electron chi connectivity index (χ0n) is 8.80. The molecular weight excluding hydrogens is 215 g/mol. The summed E-state index contributed by atoms with van der Waals surface area (Å²) in [5.74, 6) is 0.935. The lowest BCUT2D eigenvalue weighted by Gasteiger charge is -2.27. The number of methoxy groups -OCH3 is 1. The van der Waals surface area contributed by atoms with Gasteiger partial charge in [-0.25, -0.2) is 0 Å². The fourth-order valence-electron chi connectivity index (χ4n) is 1.41. The van der Waals surface area contributed by atoms with E-state index in [2.05, 4.69) is 19.9 Å². The first-order chi connectivity index (χ1) is 6.68. The van der Waals surface area contributed by atoms with Crippen molar-refractivity contribution in [2.75, 3.05) is 7.11 Å². The molecule has 0 bridgehead atoms. The summed E-state index contributed by atoms with van der Waals surface area (Å²) in [5.41, 5.74) is 1.21. The van der Waals surface area contributed by atoms with Crippen molar-refractivity contribution < 1.29 is 4.74 Å². The zero-order valence-corrected chi connectivity index (χ0v) is 10.6. The molecule has 0 radical (unpaired) electrons. The summed E-state index contributed by atoms with van der Waals surface area (Å²) in [7, 11) is 2.07. The van der Waals surface area contributed by atoms with Gasteiger partial charge in [0.05, 0.1) is 7.11 Å². The monoisotopic (exact) mass is 230 g/mol. The number of hydrogen-bond donors (Lipinski definition) is 0. The van der Waals surface area contributed by atoms with E-state index in [0.717, 1.165) is 12.2 Å². The Morgan fingerprint density at radius 2 is 2.07 bits per heavy atom. The number of rotatable bonds is 4. The molecule has 0 aliphatic heterocycles. The first kappa shape index (κ1) is 11.8. The van der Waals surface area contributed by atoms with Gasteiger partial charge in [-0.1, -0.05) is 43.3 Å². The van der Waals surface area contributed by atoms with Gasteiger partial charge in [-0.3, -0.25) is 0 Å². The van der Waals surface area contributed by atoms with Crippen molar-refractivity contribution in [3.63, 3.8) is 0 Å². The summed E-state index contributed by atoms with van der Waals surface area (Å²) in [6.45, 7) is 4.33. The van der Waals surface area contributed by atoms with Gasteiger partial charge in [-0.15, -0.1) is 0 Å². The van der Waals surface area contributed by atoms with E-state index in [9.17, 15) is 0 Å². The van der Waals surface area contributed by atoms with E-state index in [1.807, 2.05) is 18.2 Å². The minimum Gasteiger partial charge on any atom is -0.496 e. The van der Waals surface area contributed by atoms with Crippen molar-refractivity contribution in [2.24, 2.45) is 0 Å². The molecule has 1 aromatic carbocycles. The summed E-state index contributed by atoms with van der Waals surface area (Å²) in [4.78, 5) is 0. The van der Waals surface area contributed by atoms with Gasteiger partial charge in [-0.2, -0.15) is 0 Å². The van der Waals surface area contributed by atoms with Crippen LogP contribution in [0.5, 0.6) is 5.75 Å². The van der Waals surface area contributed by atoms with Crippen molar-refractivity contribution >= 4 is 19.2 Å². The lowest BCUT2D eigenvalue weighted by atomic mass is 9.96. The van der Waals surface area contributed by atoms with Crippen molar-refractivity contribution in [3.05, 3.63) is 29.8 Å². The Bertz CT molecular complexity index is 297. The van der Waals surface area contributed by atoms with Crippen LogP contribution in [0.15, 0.2) is 24.3 Å². The molecule has 14 heavy (non-hydrogen) atoms. The molecule has 0 heterocycles. The number of benzene rings is 1. The smallest absolute Gasteiger partial charge is 0.122 e. The number of para-hydroxylation sites is 1. The first-order valence-electron chi connectivity index (χ1n) is 4.69. The normalized spacial score (nSPS) is 15.7. The quantitative estimate of drug-likeness (QED) is 0.706. The van der Waals surface area contributed by atoms with Gasteiger partial charge >= 0.3 is 0 Å². The lowest BCUT2D eigenvalue weighted by Crippen LogP contribution is -2.14. The minimum atomic E-state index is 0.0359. The zero-order chi connectivity index (χ0) is 10.6. The molecule has 0 aliphatic rings. The maximum Gasteiger partial charge on any atom is 0.122 e. The van der Waals surface area contributed by atoms with Gasteiger partial charge in [0, 0.05) is 10.7 Å². The summed E-state index contributed by atoms with van der Waals surface area (Å²) in [5, 5.41) is 0.0359. The third kappa shape index (κ3) is 2.21. The second-order valence-electron chi connectivity index (χ2n) is 3.48. The standard InChI is InChI=1S/C11H16ClOP/c1-4-11(2,14-12)9-7-5-6-8-10(9)13-3/h5-8,14H,4H2,1-3H3. The van der Waals surface area contributed by atoms with Gasteiger partial charge in [0.2, 0.25) is 0 Å². The highest BCUT2D eigenvalue weighted by atomic mass is 35.7. The molecule has 0 saturated heterocycles. The molecule has 0 aliphatic carbocycles. The van der Waals surface area contributed by atoms with Crippen LogP contribution in [0.3, 0.4) is 0 Å². The van der Waals surface area contributed by atoms with Crippen LogP contribution in [-0.2, 0) is 5.16 Å². The summed E-state index contributed by atoms with van der Waals surface area (Å²) < 4.78 is 5.34. The van der Waals surface area contributed by atoms with Crippen LogP contribution in [0.1, 0.15) is 25.8 Å². The molecule has 0 N–H and O–H groups in total. The number of halogens is 1. The first-order valence-corrected chi connectivity index (χ1v) is 6.70. The van der Waals surface area contributed by atoms with E-state index < -0.39 is 0 Å². The number of ether oxygens (including phenoxy) is 1. The predicted molar refractivity (Wildman–Crippen MR) is 64.8 cm³/mol. The molecule has 3 heteroatoms. The third-order valence-electron chi connectivity index (χ3n) is 2.62. The molecule has 0 fully saturated rings. The molecule has 78 valence electrons. The molecule has 1 aromatic rings. The molecule has 0 aromatic heterocycles. The molecule has 0 spiro atoms. The molecule has 0 saturated carbocycles. The van der Waals surface area contributed by atoms with Crippen molar-refractivity contribution in [1.29, 1.82) is 0 Å². The average molecular weight is 231 g/mol. The van der Waals surface area contributed by atoms with E-state index >= 15 is 0 Å². The van der Waals surface area contributed by atoms with E-state index in [4.69, 9.17) is 16.0 Å². The van der Waals surface area contributed by atoms with Crippen molar-refractivity contribution in [1.82, 2.24) is 0 Å². The topological polar surface area (TPSA) is 9.23 Å². The Morgan fingerprint density at radius 3 is 2.57 bits per heavy atom. The molecule has 0 amide bonds. The highest BCUT2D eigenvalue weighted by Gasteiger charge is 2.26. The SMILES string of the molecule is CCC(C)(PCl)c1ccccc1OC. The average Bonchev–Trinajstić information content (AvgIpc) is 2.28. The Balaban J connectivity index is 3.15. The Labute approximate surface area is 92.4 Å². The predicted octanol–water partition coefficient (Wildman–Crippen LogP) is 4.15. The third-order valence-corrected chi connectivity index (χ3v) is 4.91. The van der Waals surface area contributed by atoms with Crippen LogP contribution in [0.25, 0.3) is 0 Å². The highest BCUT2D eigenvalue weighted by Crippen LogP contribution is 2.49. The second-order valence-corrected chi connectivity index (χ2v) is 5.34. The lowest BCUT2D eigenvalue weighted by molar-refractivity contribution is 0.403. The van der Waals surface area contributed by atoms with Crippen molar-refractivity contribution in [2.45, 2.75) is 25.4 Å². The molecule has 2 unspecified atom stereocenters. The summed E-state index contributed by atoms with van der Waals surface area (Å²) >= 11 is 6.04. The van der Waals surface area contributed by atoms with Gasteiger partial charge in [0.1, 0.15) is 5.75 Å². The van der Waals surface area contributed by atoms with E-state index in [1.165, 1.54) is 5.56 Å². The van der Waals surface area contributed by atoms with Crippen molar-refractivity contribution in [3.8, 4) is 5.75 Å². The molecule has 2 atom stereocenters. The van der Waals surface area contributed by atoms with Crippen LogP contribution < -0.4 is 4.74 Å². The largest absolute Gasteiger partial charge is 0.496 e. The van der Waals surface area contributed by atoms with E-state index in [0.29, 0.717) is 7.93 Å². The molecule has 1 rings (SSSR count). The van der Waals surface area contributed by atoms with Crippen LogP contribution >= 0.6 is 19.2 Å².